The van der Waals surface area contributed by atoms with E-state index in [0.717, 1.165) is 23.0 Å². The van der Waals surface area contributed by atoms with Gasteiger partial charge in [0.1, 0.15) is 10.7 Å². The number of benzene rings is 2. The van der Waals surface area contributed by atoms with E-state index in [0.29, 0.717) is 28.6 Å². The van der Waals surface area contributed by atoms with Gasteiger partial charge in [-0.3, -0.25) is 9.40 Å². The molecule has 0 unspecified atom stereocenters. The molecule has 0 bridgehead atoms. The Morgan fingerprint density at radius 3 is 2.68 bits per heavy atom. The van der Waals surface area contributed by atoms with E-state index in [1.165, 1.54) is 12.3 Å². The van der Waals surface area contributed by atoms with Gasteiger partial charge in [-0.2, -0.15) is 5.10 Å². The molecular formula is C20H17ClFN5O2S2. The van der Waals surface area contributed by atoms with Gasteiger partial charge >= 0.3 is 0 Å². The number of anilines is 3. The largest absolute Gasteiger partial charge is 0.338 e. The molecule has 0 radical (unpaired) electrons. The summed E-state index contributed by atoms with van der Waals surface area (Å²) < 4.78 is 43.7. The maximum Gasteiger partial charge on any atom is 0.266 e. The minimum atomic E-state index is -4.09. The molecule has 31 heavy (non-hydrogen) atoms. The lowest BCUT2D eigenvalue weighted by molar-refractivity contribution is 0.570. The third-order valence-electron chi connectivity index (χ3n) is 4.38. The lowest BCUT2D eigenvalue weighted by Crippen LogP contribution is -2.15. The van der Waals surface area contributed by atoms with Crippen LogP contribution in [0.1, 0.15) is 11.1 Å². The van der Waals surface area contributed by atoms with Crippen LogP contribution in [0.15, 0.2) is 65.1 Å². The fourth-order valence-corrected chi connectivity index (χ4v) is 4.93. The number of nitrogens with zero attached hydrogens (tertiary/aromatic N) is 3. The van der Waals surface area contributed by atoms with Crippen LogP contribution in [-0.2, 0) is 16.6 Å². The average molecular weight is 478 g/mol. The van der Waals surface area contributed by atoms with Gasteiger partial charge in [-0.1, -0.05) is 23.7 Å². The number of aromatic nitrogens is 3. The van der Waals surface area contributed by atoms with Crippen molar-refractivity contribution in [3.05, 3.63) is 82.2 Å². The summed E-state index contributed by atoms with van der Waals surface area (Å²) in [6, 6.07) is 11.6. The van der Waals surface area contributed by atoms with Crippen LogP contribution in [0.25, 0.3) is 0 Å². The number of hydrogen-bond donors (Lipinski definition) is 2. The smallest absolute Gasteiger partial charge is 0.266 e. The van der Waals surface area contributed by atoms with Crippen molar-refractivity contribution in [1.29, 1.82) is 0 Å². The second-order valence-corrected chi connectivity index (χ2v) is 9.67. The molecule has 0 aliphatic carbocycles. The number of thiazole rings is 1. The van der Waals surface area contributed by atoms with Crippen molar-refractivity contribution in [2.75, 3.05) is 10.0 Å². The molecule has 160 valence electrons. The van der Waals surface area contributed by atoms with Gasteiger partial charge in [0.05, 0.1) is 6.54 Å². The Hall–Kier alpha value is -2.95. The first-order chi connectivity index (χ1) is 14.8. The van der Waals surface area contributed by atoms with Gasteiger partial charge in [0, 0.05) is 34.6 Å². The van der Waals surface area contributed by atoms with E-state index in [9.17, 15) is 12.8 Å². The quantitative estimate of drug-likeness (QED) is 0.389. The van der Waals surface area contributed by atoms with Crippen LogP contribution in [0, 0.1) is 12.7 Å². The van der Waals surface area contributed by atoms with E-state index < -0.39 is 20.7 Å². The lowest BCUT2D eigenvalue weighted by atomic mass is 10.2. The molecule has 0 aliphatic rings. The fraction of sp³-hybridized carbons (Fsp3) is 0.100. The van der Waals surface area contributed by atoms with E-state index >= 15 is 0 Å². The Labute approximate surface area is 187 Å². The summed E-state index contributed by atoms with van der Waals surface area (Å²) in [6.45, 7) is 2.24. The topological polar surface area (TPSA) is 88.9 Å². The van der Waals surface area contributed by atoms with Gasteiger partial charge in [0.2, 0.25) is 0 Å². The van der Waals surface area contributed by atoms with Crippen LogP contribution in [-0.4, -0.2) is 23.2 Å². The second-order valence-electron chi connectivity index (χ2n) is 6.69. The van der Waals surface area contributed by atoms with Gasteiger partial charge in [-0.25, -0.2) is 17.8 Å². The SMILES string of the molecule is Cc1cc(S(=O)(=O)Nc2nccs2)c(F)cc1Nc1ccn(Cc2ccc(Cl)cc2)n1. The Bertz CT molecular complexity index is 1310. The van der Waals surface area contributed by atoms with Gasteiger partial charge in [0.15, 0.2) is 10.9 Å². The molecule has 2 heterocycles. The molecule has 4 rings (SSSR count). The molecule has 2 aromatic carbocycles. The van der Waals surface area contributed by atoms with E-state index in [2.05, 4.69) is 20.1 Å². The van der Waals surface area contributed by atoms with Crippen LogP contribution in [0.3, 0.4) is 0 Å². The van der Waals surface area contributed by atoms with Crippen LogP contribution in [0.2, 0.25) is 5.02 Å². The van der Waals surface area contributed by atoms with E-state index in [-0.39, 0.29) is 5.13 Å². The lowest BCUT2D eigenvalue weighted by Gasteiger charge is -2.12. The summed E-state index contributed by atoms with van der Waals surface area (Å²) in [4.78, 5) is 3.42. The zero-order valence-corrected chi connectivity index (χ0v) is 18.6. The van der Waals surface area contributed by atoms with Crippen molar-refractivity contribution in [3.8, 4) is 0 Å². The predicted octanol–water partition coefficient (Wildman–Crippen LogP) is 5.03. The molecule has 2 aromatic heterocycles. The van der Waals surface area contributed by atoms with Crippen molar-refractivity contribution >= 4 is 49.6 Å². The van der Waals surface area contributed by atoms with Crippen molar-refractivity contribution in [3.63, 3.8) is 0 Å². The Balaban J connectivity index is 1.51. The minimum Gasteiger partial charge on any atom is -0.338 e. The van der Waals surface area contributed by atoms with Crippen molar-refractivity contribution in [2.45, 2.75) is 18.4 Å². The number of rotatable bonds is 7. The molecule has 11 heteroatoms. The number of nitrogens with one attached hydrogen (secondary N) is 2. The highest BCUT2D eigenvalue weighted by Gasteiger charge is 2.22. The van der Waals surface area contributed by atoms with Gasteiger partial charge in [-0.05, 0) is 42.3 Å². The normalized spacial score (nSPS) is 11.5. The van der Waals surface area contributed by atoms with Crippen LogP contribution in [0.5, 0.6) is 0 Å². The third kappa shape index (κ3) is 5.04. The molecule has 2 N–H and O–H groups in total. The highest BCUT2D eigenvalue weighted by molar-refractivity contribution is 7.93. The summed E-state index contributed by atoms with van der Waals surface area (Å²) in [7, 11) is -4.09. The second kappa shape index (κ2) is 8.66. The molecule has 0 fully saturated rings. The number of halogens is 2. The molecule has 0 atom stereocenters. The third-order valence-corrected chi connectivity index (χ3v) is 6.81. The first-order valence-electron chi connectivity index (χ1n) is 9.07. The van der Waals surface area contributed by atoms with Gasteiger partial charge in [-0.15, -0.1) is 11.3 Å². The summed E-state index contributed by atoms with van der Waals surface area (Å²) in [5.74, 6) is -0.370. The van der Waals surface area contributed by atoms with Gasteiger partial charge in [0.25, 0.3) is 10.0 Å². The van der Waals surface area contributed by atoms with Crippen molar-refractivity contribution in [2.24, 2.45) is 0 Å². The maximum atomic E-state index is 14.7. The molecular weight excluding hydrogens is 461 g/mol. The highest BCUT2D eigenvalue weighted by Crippen LogP contribution is 2.27. The number of sulfonamides is 1. The number of aryl methyl sites for hydroxylation is 1. The number of hydrogen-bond acceptors (Lipinski definition) is 6. The van der Waals surface area contributed by atoms with Crippen LogP contribution >= 0.6 is 22.9 Å². The molecule has 7 nitrogen and oxygen atoms in total. The molecule has 4 aromatic rings. The Kier molecular flexibility index (Phi) is 5.94. The van der Waals surface area contributed by atoms with Crippen LogP contribution < -0.4 is 10.0 Å². The zero-order valence-electron chi connectivity index (χ0n) is 16.2. The monoisotopic (exact) mass is 477 g/mol. The van der Waals surface area contributed by atoms with E-state index in [4.69, 9.17) is 11.6 Å². The minimum absolute atomic E-state index is 0.172. The summed E-state index contributed by atoms with van der Waals surface area (Å²) in [6.07, 6.45) is 3.25. The summed E-state index contributed by atoms with van der Waals surface area (Å²) in [5, 5.41) is 9.92. The fourth-order valence-electron chi connectivity index (χ4n) is 2.87. The highest BCUT2D eigenvalue weighted by atomic mass is 35.5. The van der Waals surface area contributed by atoms with Crippen molar-refractivity contribution in [1.82, 2.24) is 14.8 Å². The van der Waals surface area contributed by atoms with Gasteiger partial charge < -0.3 is 5.32 Å². The summed E-state index contributed by atoms with van der Waals surface area (Å²) >= 11 is 7.01. The molecule has 0 aliphatic heterocycles. The maximum absolute atomic E-state index is 14.7. The molecule has 0 spiro atoms. The predicted molar refractivity (Wildman–Crippen MR) is 120 cm³/mol. The van der Waals surface area contributed by atoms with E-state index in [1.807, 2.05) is 24.3 Å². The van der Waals surface area contributed by atoms with Crippen molar-refractivity contribution < 1.29 is 12.8 Å². The Morgan fingerprint density at radius 2 is 1.97 bits per heavy atom. The molecule has 0 saturated carbocycles. The molecule has 0 saturated heterocycles. The Morgan fingerprint density at radius 1 is 1.19 bits per heavy atom. The van der Waals surface area contributed by atoms with Crippen LogP contribution in [0.4, 0.5) is 21.0 Å². The zero-order chi connectivity index (χ0) is 22.0. The molecule has 0 amide bonds. The first kappa shape index (κ1) is 21.3. The summed E-state index contributed by atoms with van der Waals surface area (Å²) in [5.41, 5.74) is 2.00. The average Bonchev–Trinajstić information content (AvgIpc) is 3.38. The van der Waals surface area contributed by atoms with E-state index in [1.54, 1.807) is 29.2 Å². The standard InChI is InChI=1S/C20H17ClFN5O2S2/c1-13-10-18(31(28,29)26-20-23-7-9-30-20)16(22)11-17(13)24-19-6-8-27(25-19)12-14-2-4-15(21)5-3-14/h2-11H,12H2,1H3,(H,23,26)(H,24,25). The first-order valence-corrected chi connectivity index (χ1v) is 11.8.